The minimum Gasteiger partial charge on any atom is -0.481 e. The lowest BCUT2D eigenvalue weighted by Crippen LogP contribution is -2.80. The zero-order chi connectivity index (χ0) is 15.1. The van der Waals surface area contributed by atoms with Gasteiger partial charge in [0.1, 0.15) is 5.54 Å². The van der Waals surface area contributed by atoms with Crippen LogP contribution in [0.3, 0.4) is 0 Å². The Morgan fingerprint density at radius 2 is 2.15 bits per heavy atom. The van der Waals surface area contributed by atoms with Gasteiger partial charge < -0.3 is 20.9 Å². The largest absolute Gasteiger partial charge is 0.481 e. The third kappa shape index (κ3) is 2.02. The number of nitrogens with two attached hydrogens (primary N) is 1. The van der Waals surface area contributed by atoms with Crippen molar-refractivity contribution in [1.82, 2.24) is 5.32 Å². The number of carbonyl (C=O) groups is 2. The molecule has 6 nitrogen and oxygen atoms in total. The third-order valence-corrected chi connectivity index (χ3v) is 5.11. The first-order chi connectivity index (χ1) is 9.23. The van der Waals surface area contributed by atoms with Crippen LogP contribution in [-0.4, -0.2) is 41.8 Å². The van der Waals surface area contributed by atoms with Crippen molar-refractivity contribution in [3.05, 3.63) is 0 Å². The molecule has 0 spiro atoms. The molecule has 2 fully saturated rings. The first-order valence-corrected chi connectivity index (χ1v) is 7.14. The number of hydrogen-bond acceptors (Lipinski definition) is 4. The van der Waals surface area contributed by atoms with Gasteiger partial charge in [0, 0.05) is 24.5 Å². The van der Waals surface area contributed by atoms with Gasteiger partial charge in [-0.1, -0.05) is 20.8 Å². The Morgan fingerprint density at radius 1 is 1.50 bits per heavy atom. The summed E-state index contributed by atoms with van der Waals surface area (Å²) < 4.78 is 5.65. The average molecular weight is 284 g/mol. The number of aliphatic carboxylic acids is 1. The molecule has 114 valence electrons. The summed E-state index contributed by atoms with van der Waals surface area (Å²) in [5.74, 6) is -1.45. The van der Waals surface area contributed by atoms with Gasteiger partial charge in [-0.15, -0.1) is 0 Å². The van der Waals surface area contributed by atoms with Crippen molar-refractivity contribution in [3.63, 3.8) is 0 Å². The first kappa shape index (κ1) is 15.3. The predicted molar refractivity (Wildman–Crippen MR) is 73.0 cm³/mol. The smallest absolute Gasteiger partial charge is 0.306 e. The molecule has 1 saturated carbocycles. The highest BCUT2D eigenvalue weighted by Crippen LogP contribution is 2.58. The maximum absolute atomic E-state index is 12.4. The summed E-state index contributed by atoms with van der Waals surface area (Å²) in [6, 6.07) is 0. The fraction of sp³-hybridized carbons (Fsp3) is 0.857. The van der Waals surface area contributed by atoms with E-state index in [1.807, 2.05) is 13.8 Å². The number of ether oxygens (including phenoxy) is 1. The van der Waals surface area contributed by atoms with Crippen LogP contribution in [0, 0.1) is 17.3 Å². The Labute approximate surface area is 119 Å². The molecule has 20 heavy (non-hydrogen) atoms. The number of hydrogen-bond donors (Lipinski definition) is 3. The lowest BCUT2D eigenvalue weighted by Gasteiger charge is -2.60. The molecule has 0 aromatic heterocycles. The number of rotatable bonds is 5. The van der Waals surface area contributed by atoms with Crippen molar-refractivity contribution in [1.29, 1.82) is 0 Å². The van der Waals surface area contributed by atoms with Crippen LogP contribution in [-0.2, 0) is 14.3 Å². The maximum atomic E-state index is 12.4. The Morgan fingerprint density at radius 3 is 2.75 bits per heavy atom. The molecule has 1 amide bonds. The lowest BCUT2D eigenvalue weighted by atomic mass is 9.48. The van der Waals surface area contributed by atoms with E-state index in [4.69, 9.17) is 15.6 Å². The van der Waals surface area contributed by atoms with Gasteiger partial charge in [-0.05, 0) is 12.8 Å². The molecular weight excluding hydrogens is 260 g/mol. The van der Waals surface area contributed by atoms with Gasteiger partial charge in [-0.25, -0.2) is 0 Å². The Kier molecular flexibility index (Phi) is 3.81. The van der Waals surface area contributed by atoms with E-state index in [0.717, 1.165) is 6.42 Å². The lowest BCUT2D eigenvalue weighted by molar-refractivity contribution is -0.175. The van der Waals surface area contributed by atoms with Gasteiger partial charge >= 0.3 is 5.97 Å². The molecule has 0 bridgehead atoms. The van der Waals surface area contributed by atoms with Crippen LogP contribution in [0.25, 0.3) is 0 Å². The van der Waals surface area contributed by atoms with Crippen molar-refractivity contribution >= 4 is 11.9 Å². The standard InChI is InChI=1S/C14H24N2O4/c1-8(11(17)18)4-6-16-12(19)14(15)9-5-7-20-10(9)13(14,2)3/h8-10H,4-7,15H2,1-3H3,(H,16,19)(H,17,18). The summed E-state index contributed by atoms with van der Waals surface area (Å²) >= 11 is 0. The minimum atomic E-state index is -0.916. The summed E-state index contributed by atoms with van der Waals surface area (Å²) in [7, 11) is 0. The van der Waals surface area contributed by atoms with E-state index in [9.17, 15) is 9.59 Å². The van der Waals surface area contributed by atoms with Gasteiger partial charge in [0.25, 0.3) is 0 Å². The second kappa shape index (κ2) is 5.00. The Balaban J connectivity index is 1.93. The SMILES string of the molecule is CC(CCNC(=O)C1(N)C2CCOC2C1(C)C)C(=O)O. The van der Waals surface area contributed by atoms with Gasteiger partial charge in [0.05, 0.1) is 12.0 Å². The number of carboxylic acids is 1. The summed E-state index contributed by atoms with van der Waals surface area (Å²) in [4.78, 5) is 23.2. The van der Waals surface area contributed by atoms with Crippen LogP contribution in [0.1, 0.15) is 33.6 Å². The molecule has 4 N–H and O–H groups in total. The average Bonchev–Trinajstić information content (AvgIpc) is 2.85. The van der Waals surface area contributed by atoms with E-state index in [1.165, 1.54) is 0 Å². The Hall–Kier alpha value is -1.14. The topological polar surface area (TPSA) is 102 Å². The number of amides is 1. The fourth-order valence-corrected chi connectivity index (χ4v) is 3.52. The molecule has 0 aromatic carbocycles. The number of fused-ring (bicyclic) bond motifs is 1. The highest BCUT2D eigenvalue weighted by molar-refractivity contribution is 5.89. The molecule has 0 radical (unpaired) electrons. The highest BCUT2D eigenvalue weighted by Gasteiger charge is 2.71. The molecule has 6 heteroatoms. The van der Waals surface area contributed by atoms with Crippen molar-refractivity contribution in [2.45, 2.75) is 45.3 Å². The monoisotopic (exact) mass is 284 g/mol. The predicted octanol–water partition coefficient (Wildman–Crippen LogP) is 0.356. The molecule has 4 atom stereocenters. The minimum absolute atomic E-state index is 0.0520. The van der Waals surface area contributed by atoms with Crippen molar-refractivity contribution in [2.75, 3.05) is 13.2 Å². The van der Waals surface area contributed by atoms with Crippen LogP contribution in [0.5, 0.6) is 0 Å². The quantitative estimate of drug-likeness (QED) is 0.676. The van der Waals surface area contributed by atoms with Crippen LogP contribution >= 0.6 is 0 Å². The van der Waals surface area contributed by atoms with Crippen molar-refractivity contribution < 1.29 is 19.4 Å². The summed E-state index contributed by atoms with van der Waals surface area (Å²) in [5, 5.41) is 11.6. The van der Waals surface area contributed by atoms with E-state index >= 15 is 0 Å². The molecule has 4 unspecified atom stereocenters. The van der Waals surface area contributed by atoms with Gasteiger partial charge in [0.2, 0.25) is 5.91 Å². The molecule has 1 heterocycles. The second-order valence-corrected chi connectivity index (χ2v) is 6.56. The second-order valence-electron chi connectivity index (χ2n) is 6.56. The number of carbonyl (C=O) groups excluding carboxylic acids is 1. The molecule has 2 rings (SSSR count). The zero-order valence-electron chi connectivity index (χ0n) is 12.3. The van der Waals surface area contributed by atoms with Gasteiger partial charge in [-0.3, -0.25) is 9.59 Å². The third-order valence-electron chi connectivity index (χ3n) is 5.11. The maximum Gasteiger partial charge on any atom is 0.306 e. The van der Waals surface area contributed by atoms with Crippen molar-refractivity contribution in [2.24, 2.45) is 23.0 Å². The van der Waals surface area contributed by atoms with Crippen molar-refractivity contribution in [3.8, 4) is 0 Å². The molecule has 1 aliphatic carbocycles. The van der Waals surface area contributed by atoms with E-state index in [0.29, 0.717) is 19.6 Å². The fourth-order valence-electron chi connectivity index (χ4n) is 3.52. The molecule has 2 aliphatic rings. The molecule has 1 saturated heterocycles. The summed E-state index contributed by atoms with van der Waals surface area (Å²) in [6.45, 7) is 6.53. The van der Waals surface area contributed by atoms with E-state index in [1.54, 1.807) is 6.92 Å². The normalized spacial score (nSPS) is 35.8. The zero-order valence-corrected chi connectivity index (χ0v) is 12.3. The van der Waals surface area contributed by atoms with Gasteiger partial charge in [-0.2, -0.15) is 0 Å². The van der Waals surface area contributed by atoms with Crippen LogP contribution in [0.2, 0.25) is 0 Å². The summed E-state index contributed by atoms with van der Waals surface area (Å²) in [5.41, 5.74) is 5.07. The number of nitrogens with one attached hydrogen (secondary N) is 1. The van der Waals surface area contributed by atoms with Crippen LogP contribution in [0.4, 0.5) is 0 Å². The summed E-state index contributed by atoms with van der Waals surface area (Å²) in [6.07, 6.45) is 1.27. The van der Waals surface area contributed by atoms with Crippen LogP contribution < -0.4 is 11.1 Å². The van der Waals surface area contributed by atoms with E-state index in [2.05, 4.69) is 5.32 Å². The van der Waals surface area contributed by atoms with E-state index < -0.39 is 22.8 Å². The first-order valence-electron chi connectivity index (χ1n) is 7.14. The molecule has 1 aliphatic heterocycles. The molecular formula is C14H24N2O4. The highest BCUT2D eigenvalue weighted by atomic mass is 16.5. The van der Waals surface area contributed by atoms with Crippen LogP contribution in [0.15, 0.2) is 0 Å². The van der Waals surface area contributed by atoms with Gasteiger partial charge in [0.15, 0.2) is 0 Å². The number of carboxylic acid groups (broad SMARTS) is 1. The molecule has 0 aromatic rings. The Bertz CT molecular complexity index is 423. The van der Waals surface area contributed by atoms with E-state index in [-0.39, 0.29) is 17.9 Å².